The van der Waals surface area contributed by atoms with Gasteiger partial charge in [0.2, 0.25) is 0 Å². The standard InChI is InChI=1S/C14H11O4P/c15-19(16,17)18-12-8-7-11-6-5-10-3-1-2-4-13(10)14(11)9-12/h1-9H,(H2,15,16,17). The molecule has 0 saturated heterocycles. The van der Waals surface area contributed by atoms with Gasteiger partial charge in [-0.3, -0.25) is 9.79 Å². The molecule has 0 aromatic heterocycles. The highest BCUT2D eigenvalue weighted by Gasteiger charge is 2.16. The van der Waals surface area contributed by atoms with Crippen molar-refractivity contribution in [2.45, 2.75) is 0 Å². The van der Waals surface area contributed by atoms with Crippen molar-refractivity contribution < 1.29 is 18.9 Å². The normalized spacial score (nSPS) is 11.9. The van der Waals surface area contributed by atoms with Gasteiger partial charge in [-0.25, -0.2) is 4.57 Å². The summed E-state index contributed by atoms with van der Waals surface area (Å²) in [7, 11) is -4.53. The van der Waals surface area contributed by atoms with Gasteiger partial charge in [-0.15, -0.1) is 0 Å². The van der Waals surface area contributed by atoms with Crippen LogP contribution in [-0.4, -0.2) is 9.79 Å². The number of phosphoric ester groups is 1. The molecule has 0 unspecified atom stereocenters. The maximum atomic E-state index is 10.9. The molecule has 0 aliphatic carbocycles. The molecule has 0 radical (unpaired) electrons. The average molecular weight is 274 g/mol. The van der Waals surface area contributed by atoms with E-state index in [1.807, 2.05) is 36.4 Å². The molecule has 0 fully saturated rings. The largest absolute Gasteiger partial charge is 0.524 e. The monoisotopic (exact) mass is 274 g/mol. The number of hydrogen-bond donors (Lipinski definition) is 2. The highest BCUT2D eigenvalue weighted by molar-refractivity contribution is 7.46. The lowest BCUT2D eigenvalue weighted by molar-refractivity contribution is 0.283. The van der Waals surface area contributed by atoms with Crippen molar-refractivity contribution in [2.75, 3.05) is 0 Å². The summed E-state index contributed by atoms with van der Waals surface area (Å²) in [5, 5.41) is 4.00. The van der Waals surface area contributed by atoms with E-state index in [2.05, 4.69) is 4.52 Å². The van der Waals surface area contributed by atoms with E-state index >= 15 is 0 Å². The molecule has 0 spiro atoms. The number of fused-ring (bicyclic) bond motifs is 3. The molecule has 3 aromatic rings. The van der Waals surface area contributed by atoms with Crippen molar-refractivity contribution >= 4 is 29.4 Å². The molecule has 3 rings (SSSR count). The zero-order chi connectivity index (χ0) is 13.5. The molecule has 4 nitrogen and oxygen atoms in total. The smallest absolute Gasteiger partial charge is 0.404 e. The van der Waals surface area contributed by atoms with Gasteiger partial charge in [0.1, 0.15) is 5.75 Å². The van der Waals surface area contributed by atoms with Crippen LogP contribution in [0.15, 0.2) is 54.6 Å². The molecule has 3 aromatic carbocycles. The molecule has 0 aliphatic rings. The quantitative estimate of drug-likeness (QED) is 0.554. The molecule has 0 amide bonds. The first-order valence-electron chi connectivity index (χ1n) is 5.70. The minimum absolute atomic E-state index is 0.164. The Labute approximate surface area is 109 Å². The maximum Gasteiger partial charge on any atom is 0.524 e. The van der Waals surface area contributed by atoms with Gasteiger partial charge in [-0.05, 0) is 33.7 Å². The van der Waals surface area contributed by atoms with Gasteiger partial charge in [0.15, 0.2) is 0 Å². The lowest BCUT2D eigenvalue weighted by Crippen LogP contribution is -1.90. The zero-order valence-electron chi connectivity index (χ0n) is 9.85. The Balaban J connectivity index is 2.25. The number of hydrogen-bond acceptors (Lipinski definition) is 2. The van der Waals surface area contributed by atoms with Gasteiger partial charge in [0, 0.05) is 0 Å². The summed E-state index contributed by atoms with van der Waals surface area (Å²) >= 11 is 0. The Morgan fingerprint density at radius 1 is 0.842 bits per heavy atom. The Morgan fingerprint density at radius 2 is 1.47 bits per heavy atom. The Bertz CT molecular complexity index is 807. The lowest BCUT2D eigenvalue weighted by atomic mass is 10.0. The van der Waals surface area contributed by atoms with Crippen molar-refractivity contribution in [1.29, 1.82) is 0 Å². The molecular weight excluding hydrogens is 263 g/mol. The average Bonchev–Trinajstić information content (AvgIpc) is 2.37. The van der Waals surface area contributed by atoms with Gasteiger partial charge < -0.3 is 4.52 Å². The molecule has 19 heavy (non-hydrogen) atoms. The predicted octanol–water partition coefficient (Wildman–Crippen LogP) is 3.46. The van der Waals surface area contributed by atoms with E-state index in [4.69, 9.17) is 9.79 Å². The van der Waals surface area contributed by atoms with Crippen LogP contribution in [0, 0.1) is 0 Å². The van der Waals surface area contributed by atoms with Gasteiger partial charge in [-0.1, -0.05) is 42.5 Å². The van der Waals surface area contributed by atoms with Crippen molar-refractivity contribution in [3.63, 3.8) is 0 Å². The highest BCUT2D eigenvalue weighted by atomic mass is 31.2. The summed E-state index contributed by atoms with van der Waals surface area (Å²) < 4.78 is 15.5. The number of rotatable bonds is 2. The summed E-state index contributed by atoms with van der Waals surface area (Å²) in [6.45, 7) is 0. The van der Waals surface area contributed by atoms with E-state index in [0.717, 1.165) is 21.5 Å². The minimum atomic E-state index is -4.53. The van der Waals surface area contributed by atoms with Crippen LogP contribution in [0.2, 0.25) is 0 Å². The van der Waals surface area contributed by atoms with E-state index in [1.54, 1.807) is 18.2 Å². The Hall–Kier alpha value is -1.87. The Morgan fingerprint density at radius 3 is 2.21 bits per heavy atom. The molecule has 2 N–H and O–H groups in total. The molecule has 0 aliphatic heterocycles. The molecular formula is C14H11O4P. The first-order valence-corrected chi connectivity index (χ1v) is 7.23. The van der Waals surface area contributed by atoms with E-state index in [9.17, 15) is 4.57 Å². The third-order valence-electron chi connectivity index (χ3n) is 2.94. The van der Waals surface area contributed by atoms with Crippen molar-refractivity contribution in [3.8, 4) is 5.75 Å². The predicted molar refractivity (Wildman–Crippen MR) is 74.1 cm³/mol. The third-order valence-corrected chi connectivity index (χ3v) is 3.39. The van der Waals surface area contributed by atoms with E-state index in [-0.39, 0.29) is 5.75 Å². The fourth-order valence-electron chi connectivity index (χ4n) is 2.18. The van der Waals surface area contributed by atoms with Gasteiger partial charge in [0.25, 0.3) is 0 Å². The van der Waals surface area contributed by atoms with E-state index < -0.39 is 7.82 Å². The summed E-state index contributed by atoms with van der Waals surface area (Å²) in [5.74, 6) is 0.164. The molecule has 0 saturated carbocycles. The summed E-state index contributed by atoms with van der Waals surface area (Å²) in [5.41, 5.74) is 0. The number of benzene rings is 3. The van der Waals surface area contributed by atoms with Crippen molar-refractivity contribution in [1.82, 2.24) is 0 Å². The molecule has 0 bridgehead atoms. The van der Waals surface area contributed by atoms with Crippen LogP contribution in [0.3, 0.4) is 0 Å². The Kier molecular flexibility index (Phi) is 2.79. The van der Waals surface area contributed by atoms with Crippen LogP contribution in [0.25, 0.3) is 21.5 Å². The first kappa shape index (κ1) is 12.2. The summed E-state index contributed by atoms with van der Waals surface area (Å²) in [4.78, 5) is 17.7. The summed E-state index contributed by atoms with van der Waals surface area (Å²) in [6.07, 6.45) is 0. The first-order chi connectivity index (χ1) is 9.03. The van der Waals surface area contributed by atoms with Gasteiger partial charge in [-0.2, -0.15) is 0 Å². The van der Waals surface area contributed by atoms with Crippen LogP contribution in [-0.2, 0) is 4.57 Å². The van der Waals surface area contributed by atoms with Gasteiger partial charge >= 0.3 is 7.82 Å². The summed E-state index contributed by atoms with van der Waals surface area (Å²) in [6, 6.07) is 16.8. The van der Waals surface area contributed by atoms with Crippen LogP contribution in [0.5, 0.6) is 5.75 Å². The van der Waals surface area contributed by atoms with Crippen LogP contribution >= 0.6 is 7.82 Å². The van der Waals surface area contributed by atoms with E-state index in [0.29, 0.717) is 0 Å². The SMILES string of the molecule is O=P(O)(O)Oc1ccc2ccc3ccccc3c2c1. The second-order valence-electron chi connectivity index (χ2n) is 4.25. The zero-order valence-corrected chi connectivity index (χ0v) is 10.7. The van der Waals surface area contributed by atoms with Crippen LogP contribution in [0.4, 0.5) is 0 Å². The third kappa shape index (κ3) is 2.47. The lowest BCUT2D eigenvalue weighted by Gasteiger charge is -2.09. The second kappa shape index (κ2) is 4.35. The highest BCUT2D eigenvalue weighted by Crippen LogP contribution is 2.39. The number of phosphoric acid groups is 1. The fraction of sp³-hybridized carbons (Fsp3) is 0. The van der Waals surface area contributed by atoms with Crippen molar-refractivity contribution in [3.05, 3.63) is 54.6 Å². The minimum Gasteiger partial charge on any atom is -0.404 e. The van der Waals surface area contributed by atoms with Crippen LogP contribution < -0.4 is 4.52 Å². The van der Waals surface area contributed by atoms with Crippen molar-refractivity contribution in [2.24, 2.45) is 0 Å². The van der Waals surface area contributed by atoms with Gasteiger partial charge in [0.05, 0.1) is 0 Å². The van der Waals surface area contributed by atoms with E-state index in [1.165, 1.54) is 0 Å². The molecule has 0 heterocycles. The van der Waals surface area contributed by atoms with Crippen LogP contribution in [0.1, 0.15) is 0 Å². The topological polar surface area (TPSA) is 66.8 Å². The second-order valence-corrected chi connectivity index (χ2v) is 5.42. The molecule has 5 heteroatoms. The molecule has 96 valence electrons. The molecule has 0 atom stereocenters. The maximum absolute atomic E-state index is 10.9. The fourth-order valence-corrected chi connectivity index (χ4v) is 2.56.